The molecule has 0 aromatic heterocycles. The van der Waals surface area contributed by atoms with Gasteiger partial charge in [-0.3, -0.25) is 4.79 Å². The van der Waals surface area contributed by atoms with Crippen molar-refractivity contribution in [1.82, 2.24) is 0 Å². The minimum absolute atomic E-state index is 0.139. The SMILES string of the molecule is C=CC(=O)OC1C(=O)OCC1C(=O)OC(C)C. The predicted molar refractivity (Wildman–Crippen MR) is 55.8 cm³/mol. The summed E-state index contributed by atoms with van der Waals surface area (Å²) in [6.45, 7) is 6.43. The molecule has 0 N–H and O–H groups in total. The van der Waals surface area contributed by atoms with Gasteiger partial charge in [0.1, 0.15) is 12.5 Å². The maximum absolute atomic E-state index is 11.6. The number of rotatable bonds is 4. The monoisotopic (exact) mass is 242 g/mol. The second-order valence-electron chi connectivity index (χ2n) is 3.78. The maximum atomic E-state index is 11.6. The van der Waals surface area contributed by atoms with E-state index in [9.17, 15) is 14.4 Å². The second-order valence-corrected chi connectivity index (χ2v) is 3.78. The summed E-state index contributed by atoms with van der Waals surface area (Å²) in [5.41, 5.74) is 0. The number of esters is 3. The van der Waals surface area contributed by atoms with Gasteiger partial charge in [0.25, 0.3) is 0 Å². The first-order valence-electron chi connectivity index (χ1n) is 5.16. The van der Waals surface area contributed by atoms with Crippen molar-refractivity contribution in [2.75, 3.05) is 6.61 Å². The van der Waals surface area contributed by atoms with Gasteiger partial charge < -0.3 is 14.2 Å². The van der Waals surface area contributed by atoms with Crippen LogP contribution in [0.5, 0.6) is 0 Å². The summed E-state index contributed by atoms with van der Waals surface area (Å²) >= 11 is 0. The molecule has 1 fully saturated rings. The minimum Gasteiger partial charge on any atom is -0.463 e. The van der Waals surface area contributed by atoms with E-state index in [4.69, 9.17) is 9.47 Å². The Labute approximate surface area is 98.5 Å². The number of carbonyl (C=O) groups excluding carboxylic acids is 3. The van der Waals surface area contributed by atoms with Crippen molar-refractivity contribution < 1.29 is 28.6 Å². The van der Waals surface area contributed by atoms with Crippen molar-refractivity contribution in [3.8, 4) is 0 Å². The maximum Gasteiger partial charge on any atom is 0.348 e. The number of hydrogen-bond donors (Lipinski definition) is 0. The molecular formula is C11H14O6. The topological polar surface area (TPSA) is 78.9 Å². The molecule has 0 aliphatic carbocycles. The van der Waals surface area contributed by atoms with Crippen LogP contribution in [0.15, 0.2) is 12.7 Å². The van der Waals surface area contributed by atoms with Crippen LogP contribution in [-0.2, 0) is 28.6 Å². The van der Waals surface area contributed by atoms with Gasteiger partial charge in [-0.2, -0.15) is 0 Å². The molecule has 6 heteroatoms. The highest BCUT2D eigenvalue weighted by molar-refractivity contribution is 5.90. The third-order valence-corrected chi connectivity index (χ3v) is 2.07. The Balaban J connectivity index is 2.70. The van der Waals surface area contributed by atoms with Crippen molar-refractivity contribution in [2.24, 2.45) is 5.92 Å². The lowest BCUT2D eigenvalue weighted by molar-refractivity contribution is -0.164. The van der Waals surface area contributed by atoms with Crippen molar-refractivity contribution in [1.29, 1.82) is 0 Å². The molecule has 1 aliphatic rings. The van der Waals surface area contributed by atoms with E-state index in [1.807, 2.05) is 0 Å². The van der Waals surface area contributed by atoms with Crippen LogP contribution in [0.25, 0.3) is 0 Å². The normalized spacial score (nSPS) is 23.1. The molecule has 94 valence electrons. The molecule has 0 radical (unpaired) electrons. The molecule has 1 rings (SSSR count). The fourth-order valence-electron chi connectivity index (χ4n) is 1.32. The van der Waals surface area contributed by atoms with Gasteiger partial charge in [-0.15, -0.1) is 0 Å². The minimum atomic E-state index is -1.24. The van der Waals surface area contributed by atoms with Gasteiger partial charge >= 0.3 is 17.9 Å². The lowest BCUT2D eigenvalue weighted by atomic mass is 10.1. The average molecular weight is 242 g/mol. The van der Waals surface area contributed by atoms with E-state index in [-0.39, 0.29) is 12.7 Å². The number of cyclic esters (lactones) is 1. The van der Waals surface area contributed by atoms with Crippen LogP contribution in [0.1, 0.15) is 13.8 Å². The molecule has 1 saturated heterocycles. The molecule has 6 nitrogen and oxygen atoms in total. The third kappa shape index (κ3) is 3.30. The van der Waals surface area contributed by atoms with Crippen LogP contribution in [0.4, 0.5) is 0 Å². The van der Waals surface area contributed by atoms with Crippen LogP contribution in [0.3, 0.4) is 0 Å². The van der Waals surface area contributed by atoms with Crippen LogP contribution in [-0.4, -0.2) is 36.7 Å². The highest BCUT2D eigenvalue weighted by Crippen LogP contribution is 2.21. The van der Waals surface area contributed by atoms with Gasteiger partial charge in [-0.25, -0.2) is 9.59 Å². The van der Waals surface area contributed by atoms with Gasteiger partial charge in [0, 0.05) is 6.08 Å². The highest BCUT2D eigenvalue weighted by atomic mass is 16.6. The first-order valence-corrected chi connectivity index (χ1v) is 5.16. The first-order chi connectivity index (χ1) is 7.95. The second kappa shape index (κ2) is 5.47. The van der Waals surface area contributed by atoms with E-state index in [1.54, 1.807) is 13.8 Å². The zero-order valence-corrected chi connectivity index (χ0v) is 9.67. The molecule has 0 bridgehead atoms. The van der Waals surface area contributed by atoms with Crippen LogP contribution in [0, 0.1) is 5.92 Å². The molecule has 1 heterocycles. The van der Waals surface area contributed by atoms with Crippen LogP contribution < -0.4 is 0 Å². The summed E-state index contributed by atoms with van der Waals surface area (Å²) in [6, 6.07) is 0. The van der Waals surface area contributed by atoms with E-state index in [0.29, 0.717) is 0 Å². The Hall–Kier alpha value is -1.85. The number of ether oxygens (including phenoxy) is 3. The van der Waals surface area contributed by atoms with Gasteiger partial charge in [0.05, 0.1) is 6.10 Å². The Bertz CT molecular complexity index is 346. The van der Waals surface area contributed by atoms with E-state index in [2.05, 4.69) is 11.3 Å². The molecule has 0 aromatic carbocycles. The average Bonchev–Trinajstić information content (AvgIpc) is 2.59. The summed E-state index contributed by atoms with van der Waals surface area (Å²) in [7, 11) is 0. The fourth-order valence-corrected chi connectivity index (χ4v) is 1.32. The van der Waals surface area contributed by atoms with Crippen molar-refractivity contribution >= 4 is 17.9 Å². The first kappa shape index (κ1) is 13.2. The zero-order chi connectivity index (χ0) is 13.0. The van der Waals surface area contributed by atoms with Crippen molar-refractivity contribution in [3.05, 3.63) is 12.7 Å². The van der Waals surface area contributed by atoms with Crippen molar-refractivity contribution in [3.63, 3.8) is 0 Å². The molecule has 1 aliphatic heterocycles. The molecule has 0 saturated carbocycles. The van der Waals surface area contributed by atoms with Gasteiger partial charge in [-0.05, 0) is 13.8 Å². The number of hydrogen-bond acceptors (Lipinski definition) is 6. The number of carbonyl (C=O) groups is 3. The molecule has 0 amide bonds. The Morgan fingerprint density at radius 1 is 1.53 bits per heavy atom. The molecular weight excluding hydrogens is 228 g/mol. The zero-order valence-electron chi connectivity index (χ0n) is 9.67. The Morgan fingerprint density at radius 2 is 2.18 bits per heavy atom. The molecule has 0 spiro atoms. The lowest BCUT2D eigenvalue weighted by Crippen LogP contribution is -2.35. The quantitative estimate of drug-likeness (QED) is 0.398. The van der Waals surface area contributed by atoms with Gasteiger partial charge in [-0.1, -0.05) is 6.58 Å². The van der Waals surface area contributed by atoms with E-state index >= 15 is 0 Å². The predicted octanol–water partition coefficient (Wildman–Crippen LogP) is 0.209. The smallest absolute Gasteiger partial charge is 0.348 e. The van der Waals surface area contributed by atoms with E-state index in [1.165, 1.54) is 0 Å². The standard InChI is InChI=1S/C11H14O6/c1-4-8(12)17-9-7(5-15-11(9)14)10(13)16-6(2)3/h4,6-7,9H,1,5H2,2-3H3. The molecule has 2 unspecified atom stereocenters. The fraction of sp³-hybridized carbons (Fsp3) is 0.545. The van der Waals surface area contributed by atoms with Crippen LogP contribution >= 0.6 is 0 Å². The summed E-state index contributed by atoms with van der Waals surface area (Å²) in [5.74, 6) is -3.05. The van der Waals surface area contributed by atoms with Crippen LogP contribution in [0.2, 0.25) is 0 Å². The van der Waals surface area contributed by atoms with Gasteiger partial charge in [0.15, 0.2) is 0 Å². The summed E-state index contributed by atoms with van der Waals surface area (Å²) in [5, 5.41) is 0. The lowest BCUT2D eigenvalue weighted by Gasteiger charge is -2.15. The largest absolute Gasteiger partial charge is 0.463 e. The Kier molecular flexibility index (Phi) is 4.25. The highest BCUT2D eigenvalue weighted by Gasteiger charge is 2.45. The van der Waals surface area contributed by atoms with E-state index < -0.39 is 29.9 Å². The van der Waals surface area contributed by atoms with E-state index in [0.717, 1.165) is 6.08 Å². The molecule has 2 atom stereocenters. The summed E-state index contributed by atoms with van der Waals surface area (Å²) in [6.07, 6.45) is -0.642. The summed E-state index contributed by atoms with van der Waals surface area (Å²) in [4.78, 5) is 33.9. The van der Waals surface area contributed by atoms with Crippen molar-refractivity contribution in [2.45, 2.75) is 26.1 Å². The Morgan fingerprint density at radius 3 is 2.71 bits per heavy atom. The van der Waals surface area contributed by atoms with Gasteiger partial charge in [0.2, 0.25) is 6.10 Å². The molecule has 17 heavy (non-hydrogen) atoms. The summed E-state index contributed by atoms with van der Waals surface area (Å²) < 4.78 is 14.4. The molecule has 0 aromatic rings. The third-order valence-electron chi connectivity index (χ3n) is 2.07.